The smallest absolute Gasteiger partial charge is 0.388 e. The molecule has 0 unspecified atom stereocenters. The molecule has 2 aliphatic heterocycles. The number of carbonyl (C=O) groups is 1. The number of H-pyrrole nitrogens is 1. The van der Waals surface area contributed by atoms with Crippen LogP contribution in [0.4, 0.5) is 8.78 Å². The first-order valence-corrected chi connectivity index (χ1v) is 15.2. The normalized spacial score (nSPS) is 15.3. The molecule has 232 valence electrons. The molecule has 1 fully saturated rings. The van der Waals surface area contributed by atoms with E-state index < -0.39 is 11.6 Å². The highest BCUT2D eigenvalue weighted by Gasteiger charge is 2.44. The van der Waals surface area contributed by atoms with E-state index in [1.807, 2.05) is 33.9 Å². The van der Waals surface area contributed by atoms with Crippen molar-refractivity contribution in [2.45, 2.75) is 38.3 Å². The molecule has 0 spiro atoms. The molecule has 2 aliphatic rings. The summed E-state index contributed by atoms with van der Waals surface area (Å²) in [7, 11) is 0. The van der Waals surface area contributed by atoms with Crippen molar-refractivity contribution in [3.63, 3.8) is 0 Å². The molecule has 4 aromatic heterocycles. The van der Waals surface area contributed by atoms with Crippen LogP contribution in [0.2, 0.25) is 0 Å². The molecule has 1 N–H and O–H groups in total. The summed E-state index contributed by atoms with van der Waals surface area (Å²) in [5, 5.41) is 16.4. The van der Waals surface area contributed by atoms with Crippen LogP contribution in [0.1, 0.15) is 57.3 Å². The second-order valence-electron chi connectivity index (χ2n) is 11.8. The maximum absolute atomic E-state index is 14.3. The van der Waals surface area contributed by atoms with Gasteiger partial charge in [0.05, 0.1) is 34.1 Å². The topological polar surface area (TPSA) is 134 Å². The van der Waals surface area contributed by atoms with E-state index in [0.29, 0.717) is 70.8 Å². The highest BCUT2D eigenvalue weighted by molar-refractivity contribution is 6.08. The number of amides is 1. The van der Waals surface area contributed by atoms with Crippen molar-refractivity contribution in [3.05, 3.63) is 123 Å². The van der Waals surface area contributed by atoms with Crippen molar-refractivity contribution < 1.29 is 18.0 Å². The molecule has 6 aromatic rings. The van der Waals surface area contributed by atoms with Crippen LogP contribution < -0.4 is 5.76 Å². The van der Waals surface area contributed by atoms with Crippen molar-refractivity contribution in [1.29, 1.82) is 5.26 Å². The summed E-state index contributed by atoms with van der Waals surface area (Å²) in [6.07, 6.45) is 6.10. The fourth-order valence-electron chi connectivity index (χ4n) is 6.79. The Morgan fingerprint density at radius 3 is 2.60 bits per heavy atom. The Labute approximate surface area is 265 Å². The zero-order valence-corrected chi connectivity index (χ0v) is 24.8. The molecule has 1 amide bonds. The highest BCUT2D eigenvalue weighted by Crippen LogP contribution is 2.47. The van der Waals surface area contributed by atoms with Gasteiger partial charge in [0.15, 0.2) is 0 Å². The maximum atomic E-state index is 14.3. The number of hydrogen-bond acceptors (Lipinski definition) is 7. The Morgan fingerprint density at radius 2 is 1.83 bits per heavy atom. The number of nitrogens with zero attached hydrogens (tertiary/aromatic N) is 6. The molecule has 0 saturated carbocycles. The fourth-order valence-corrected chi connectivity index (χ4v) is 6.79. The SMILES string of the molecule is N#Cc1ccc(Cn2ccc3cc(-c4c5c(nc(CCc6ccc(F)cc6)c4-c4n[nH]c(=O)o4)[C@@H]4CCCN4C5=O)cnc32)cc1F. The molecule has 47 heavy (non-hydrogen) atoms. The first-order chi connectivity index (χ1) is 22.9. The van der Waals surface area contributed by atoms with Crippen molar-refractivity contribution in [2.75, 3.05) is 6.54 Å². The first-order valence-electron chi connectivity index (χ1n) is 15.2. The van der Waals surface area contributed by atoms with Gasteiger partial charge in [-0.1, -0.05) is 18.2 Å². The molecule has 1 saturated heterocycles. The number of hydrogen-bond donors (Lipinski definition) is 1. The van der Waals surface area contributed by atoms with Crippen molar-refractivity contribution in [3.8, 4) is 28.7 Å². The average Bonchev–Trinajstić information content (AvgIpc) is 3.87. The number of nitriles is 1. The zero-order valence-electron chi connectivity index (χ0n) is 24.8. The van der Waals surface area contributed by atoms with Gasteiger partial charge in [-0.2, -0.15) is 5.26 Å². The van der Waals surface area contributed by atoms with Gasteiger partial charge in [-0.3, -0.25) is 9.78 Å². The van der Waals surface area contributed by atoms with Crippen molar-refractivity contribution in [1.82, 2.24) is 29.6 Å². The van der Waals surface area contributed by atoms with E-state index in [0.717, 1.165) is 23.8 Å². The molecule has 0 aliphatic carbocycles. The summed E-state index contributed by atoms with van der Waals surface area (Å²) < 4.78 is 35.3. The van der Waals surface area contributed by atoms with Crippen LogP contribution >= 0.6 is 0 Å². The predicted octanol–water partition coefficient (Wildman–Crippen LogP) is 5.72. The second kappa shape index (κ2) is 11.1. The van der Waals surface area contributed by atoms with E-state index in [1.54, 1.807) is 24.4 Å². The molecule has 2 aromatic carbocycles. The van der Waals surface area contributed by atoms with Gasteiger partial charge < -0.3 is 13.9 Å². The molecule has 1 atom stereocenters. The monoisotopic (exact) mass is 629 g/mol. The minimum absolute atomic E-state index is 0.00905. The summed E-state index contributed by atoms with van der Waals surface area (Å²) >= 11 is 0. The highest BCUT2D eigenvalue weighted by atomic mass is 19.1. The van der Waals surface area contributed by atoms with Crippen LogP contribution in [0.3, 0.4) is 0 Å². The summed E-state index contributed by atoms with van der Waals surface area (Å²) in [4.78, 5) is 37.9. The third-order valence-corrected chi connectivity index (χ3v) is 8.96. The third-order valence-electron chi connectivity index (χ3n) is 8.96. The van der Waals surface area contributed by atoms with E-state index in [9.17, 15) is 18.4 Å². The Balaban J connectivity index is 1.28. The number of pyridine rings is 2. The van der Waals surface area contributed by atoms with Gasteiger partial charge in [0, 0.05) is 42.0 Å². The third kappa shape index (κ3) is 4.87. The molecular weight excluding hydrogens is 604 g/mol. The quantitative estimate of drug-likeness (QED) is 0.239. The summed E-state index contributed by atoms with van der Waals surface area (Å²) in [6, 6.07) is 16.2. The minimum atomic E-state index is -0.743. The van der Waals surface area contributed by atoms with Crippen LogP contribution in [-0.2, 0) is 19.4 Å². The van der Waals surface area contributed by atoms with Crippen LogP contribution in [0, 0.1) is 23.0 Å². The maximum Gasteiger partial charge on any atom is 0.434 e. The lowest BCUT2D eigenvalue weighted by Gasteiger charge is -2.17. The lowest BCUT2D eigenvalue weighted by molar-refractivity contribution is 0.0776. The molecule has 12 heteroatoms. The number of fused-ring (bicyclic) bond motifs is 4. The lowest BCUT2D eigenvalue weighted by Crippen LogP contribution is -2.23. The Bertz CT molecular complexity index is 2320. The second-order valence-corrected chi connectivity index (χ2v) is 11.8. The largest absolute Gasteiger partial charge is 0.434 e. The van der Waals surface area contributed by atoms with Gasteiger partial charge in [0.1, 0.15) is 23.4 Å². The fraction of sp³-hybridized carbons (Fsp3) is 0.200. The van der Waals surface area contributed by atoms with Gasteiger partial charge in [-0.25, -0.2) is 23.7 Å². The van der Waals surface area contributed by atoms with E-state index in [-0.39, 0.29) is 29.2 Å². The van der Waals surface area contributed by atoms with E-state index in [2.05, 4.69) is 10.2 Å². The number of nitrogens with one attached hydrogen (secondary N) is 1. The molecule has 6 heterocycles. The number of aromatic amines is 1. The molecule has 8 rings (SSSR count). The number of aromatic nitrogens is 5. The van der Waals surface area contributed by atoms with Crippen LogP contribution in [0.25, 0.3) is 33.6 Å². The zero-order chi connectivity index (χ0) is 32.2. The summed E-state index contributed by atoms with van der Waals surface area (Å²) in [5.41, 5.74) is 5.49. The number of halogens is 2. The van der Waals surface area contributed by atoms with Gasteiger partial charge >= 0.3 is 5.76 Å². The average molecular weight is 630 g/mol. The molecular formula is C35H25F2N7O3. The van der Waals surface area contributed by atoms with Gasteiger partial charge in [0.2, 0.25) is 0 Å². The van der Waals surface area contributed by atoms with E-state index in [4.69, 9.17) is 19.6 Å². The van der Waals surface area contributed by atoms with E-state index in [1.165, 1.54) is 24.3 Å². The number of rotatable bonds is 7. The number of benzene rings is 2. The Hall–Kier alpha value is -5.96. The minimum Gasteiger partial charge on any atom is -0.388 e. The number of aryl methyl sites for hydroxylation is 2. The summed E-state index contributed by atoms with van der Waals surface area (Å²) in [6.45, 7) is 0.947. The van der Waals surface area contributed by atoms with Crippen LogP contribution in [-0.4, -0.2) is 42.1 Å². The Kier molecular flexibility index (Phi) is 6.75. The number of carbonyl (C=O) groups excluding carboxylic acids is 1. The van der Waals surface area contributed by atoms with E-state index >= 15 is 0 Å². The lowest BCUT2D eigenvalue weighted by atomic mass is 9.90. The standard InChI is InChI=1S/C35H25F2N7O3/c36-24-8-4-19(5-9-24)6-10-26-29(33-41-42-35(46)47-33)28(30-31(40-26)27-2-1-12-44(27)34(30)45)23-15-21-11-13-43(32(21)39-17-23)18-20-3-7-22(16-38)25(37)14-20/h3-5,7-9,11,13-15,17,27H,1-2,6,10,12,18H2,(H,42,46)/t27-/m0/s1. The van der Waals surface area contributed by atoms with Crippen LogP contribution in [0.5, 0.6) is 0 Å². The van der Waals surface area contributed by atoms with Crippen molar-refractivity contribution >= 4 is 16.9 Å². The molecule has 10 nitrogen and oxygen atoms in total. The van der Waals surface area contributed by atoms with Gasteiger partial charge in [0.25, 0.3) is 11.8 Å². The first kappa shape index (κ1) is 28.5. The Morgan fingerprint density at radius 1 is 1.00 bits per heavy atom. The molecule has 0 radical (unpaired) electrons. The van der Waals surface area contributed by atoms with Crippen LogP contribution in [0.15, 0.2) is 76.2 Å². The van der Waals surface area contributed by atoms with Crippen molar-refractivity contribution in [2.24, 2.45) is 0 Å². The van der Waals surface area contributed by atoms with Gasteiger partial charge in [-0.05, 0) is 73.2 Å². The van der Waals surface area contributed by atoms with Gasteiger partial charge in [-0.15, -0.1) is 5.10 Å². The predicted molar refractivity (Wildman–Crippen MR) is 166 cm³/mol. The molecule has 0 bridgehead atoms. The summed E-state index contributed by atoms with van der Waals surface area (Å²) in [5.74, 6) is -1.79.